The zero-order valence-electron chi connectivity index (χ0n) is 12.8. The minimum Gasteiger partial charge on any atom is -0.354 e. The Balaban J connectivity index is 0.00000220. The third-order valence-corrected chi connectivity index (χ3v) is 5.03. The molecular formula is C13H22Cl2N4OS2. The molecule has 0 atom stereocenters. The van der Waals surface area contributed by atoms with Gasteiger partial charge in [0.2, 0.25) is 0 Å². The Kier molecular flexibility index (Phi) is 9.95. The van der Waals surface area contributed by atoms with Crippen molar-refractivity contribution in [1.29, 1.82) is 0 Å². The van der Waals surface area contributed by atoms with Crippen LogP contribution >= 0.6 is 47.5 Å². The molecule has 0 unspecified atom stereocenters. The first kappa shape index (κ1) is 21.4. The summed E-state index contributed by atoms with van der Waals surface area (Å²) in [5.41, 5.74) is 0. The Bertz CT molecular complexity index is 554. The number of rotatable bonds is 7. The van der Waals surface area contributed by atoms with Gasteiger partial charge in [0.25, 0.3) is 5.91 Å². The molecule has 0 aliphatic heterocycles. The van der Waals surface area contributed by atoms with Crippen LogP contribution in [0.2, 0.25) is 0 Å². The first-order chi connectivity index (χ1) is 9.61. The zero-order valence-corrected chi connectivity index (χ0v) is 16.1. The number of aromatic nitrogens is 1. The molecule has 0 aromatic carbocycles. The number of amides is 1. The van der Waals surface area contributed by atoms with Crippen molar-refractivity contribution < 1.29 is 4.79 Å². The van der Waals surface area contributed by atoms with E-state index >= 15 is 0 Å². The number of thiazole rings is 1. The molecule has 22 heavy (non-hydrogen) atoms. The molecule has 2 N–H and O–H groups in total. The van der Waals surface area contributed by atoms with Crippen molar-refractivity contribution in [3.8, 4) is 0 Å². The third-order valence-electron chi connectivity index (χ3n) is 2.70. The van der Waals surface area contributed by atoms with Crippen LogP contribution < -0.4 is 15.5 Å². The average molecular weight is 385 g/mol. The fourth-order valence-electron chi connectivity index (χ4n) is 1.68. The largest absolute Gasteiger partial charge is 0.354 e. The fourth-order valence-corrected chi connectivity index (χ4v) is 3.73. The van der Waals surface area contributed by atoms with Crippen LogP contribution in [0, 0.1) is 0 Å². The van der Waals surface area contributed by atoms with Crippen molar-refractivity contribution in [2.75, 3.05) is 38.6 Å². The summed E-state index contributed by atoms with van der Waals surface area (Å²) in [6.45, 7) is 4.57. The summed E-state index contributed by atoms with van der Waals surface area (Å²) in [5, 5.41) is 7.15. The molecule has 1 amide bonds. The Morgan fingerprint density at radius 1 is 1.23 bits per heavy atom. The summed E-state index contributed by atoms with van der Waals surface area (Å²) in [5.74, 6) is -0.00935. The summed E-state index contributed by atoms with van der Waals surface area (Å²) in [6, 6.07) is 1.93. The summed E-state index contributed by atoms with van der Waals surface area (Å²) in [4.78, 5) is 20.2. The molecule has 0 fully saturated rings. The molecular weight excluding hydrogens is 363 g/mol. The Hall–Kier alpha value is -0.600. The average Bonchev–Trinajstić information content (AvgIpc) is 2.96. The van der Waals surface area contributed by atoms with Crippen LogP contribution in [0.3, 0.4) is 0 Å². The minimum atomic E-state index is -0.00935. The van der Waals surface area contributed by atoms with E-state index in [1.165, 1.54) is 11.3 Å². The number of anilines is 1. The molecule has 0 saturated heterocycles. The number of halogens is 2. The van der Waals surface area contributed by atoms with Crippen molar-refractivity contribution in [2.24, 2.45) is 0 Å². The van der Waals surface area contributed by atoms with Gasteiger partial charge in [-0.3, -0.25) is 4.79 Å². The Morgan fingerprint density at radius 2 is 1.95 bits per heavy atom. The second-order valence-electron chi connectivity index (χ2n) is 4.68. The van der Waals surface area contributed by atoms with E-state index in [0.717, 1.165) is 39.0 Å². The number of nitrogens with one attached hydrogen (secondary N) is 2. The van der Waals surface area contributed by atoms with Gasteiger partial charge in [-0.05, 0) is 19.0 Å². The first-order valence-electron chi connectivity index (χ1n) is 6.68. The van der Waals surface area contributed by atoms with E-state index in [1.54, 1.807) is 11.3 Å². The van der Waals surface area contributed by atoms with Crippen LogP contribution in [0.1, 0.15) is 23.0 Å². The lowest BCUT2D eigenvalue weighted by molar-refractivity contribution is 0.0958. The van der Waals surface area contributed by atoms with Crippen LogP contribution in [0.25, 0.3) is 9.53 Å². The zero-order chi connectivity index (χ0) is 14.5. The van der Waals surface area contributed by atoms with E-state index in [9.17, 15) is 4.79 Å². The number of hydrogen-bond acceptors (Lipinski definition) is 6. The molecule has 0 bridgehead atoms. The van der Waals surface area contributed by atoms with Gasteiger partial charge in [0, 0.05) is 27.2 Å². The molecule has 5 nitrogen and oxygen atoms in total. The lowest BCUT2D eigenvalue weighted by Crippen LogP contribution is -2.31. The topological polar surface area (TPSA) is 57.3 Å². The van der Waals surface area contributed by atoms with Crippen LogP contribution in [0.15, 0.2) is 6.07 Å². The van der Waals surface area contributed by atoms with E-state index in [1.807, 2.05) is 25.1 Å². The highest BCUT2D eigenvalue weighted by Crippen LogP contribution is 2.33. The highest BCUT2D eigenvalue weighted by Gasteiger charge is 2.14. The van der Waals surface area contributed by atoms with Gasteiger partial charge in [-0.2, -0.15) is 0 Å². The van der Waals surface area contributed by atoms with Gasteiger partial charge >= 0.3 is 0 Å². The second-order valence-corrected chi connectivity index (χ2v) is 6.72. The Morgan fingerprint density at radius 3 is 2.55 bits per heavy atom. The molecule has 0 spiro atoms. The SMILES string of the molecule is CCCNCCNC(=O)c1cc2sc(N(C)C)nc2s1.Cl.Cl. The molecule has 0 aliphatic rings. The number of nitrogens with zero attached hydrogens (tertiary/aromatic N) is 2. The molecule has 0 aliphatic carbocycles. The molecule has 9 heteroatoms. The number of carbonyl (C=O) groups is 1. The standard InChI is InChI=1S/C13H20N4OS2.2ClH/c1-4-5-14-6-7-15-11(18)9-8-10-12(19-9)16-13(20-10)17(2)3;;/h8,14H,4-7H2,1-3H3,(H,15,18);2*1H. The molecule has 2 aromatic heterocycles. The fraction of sp³-hybridized carbons (Fsp3) is 0.538. The summed E-state index contributed by atoms with van der Waals surface area (Å²) in [6.07, 6.45) is 1.11. The van der Waals surface area contributed by atoms with E-state index in [0.29, 0.717) is 6.54 Å². The highest BCUT2D eigenvalue weighted by atomic mass is 35.5. The maximum Gasteiger partial charge on any atom is 0.261 e. The lowest BCUT2D eigenvalue weighted by atomic mass is 10.4. The van der Waals surface area contributed by atoms with Gasteiger partial charge in [-0.15, -0.1) is 36.2 Å². The molecule has 0 radical (unpaired) electrons. The second kappa shape index (κ2) is 10.2. The smallest absolute Gasteiger partial charge is 0.261 e. The lowest BCUT2D eigenvalue weighted by Gasteiger charge is -2.05. The van der Waals surface area contributed by atoms with Crippen LogP contribution in [0.4, 0.5) is 5.13 Å². The van der Waals surface area contributed by atoms with Crippen molar-refractivity contribution in [2.45, 2.75) is 13.3 Å². The van der Waals surface area contributed by atoms with Crippen molar-refractivity contribution >= 4 is 68.1 Å². The summed E-state index contributed by atoms with van der Waals surface area (Å²) < 4.78 is 1.08. The van der Waals surface area contributed by atoms with Gasteiger partial charge < -0.3 is 15.5 Å². The molecule has 2 aromatic rings. The van der Waals surface area contributed by atoms with Crippen LogP contribution in [-0.4, -0.2) is 44.6 Å². The maximum atomic E-state index is 12.0. The van der Waals surface area contributed by atoms with E-state index < -0.39 is 0 Å². The molecule has 2 heterocycles. The van der Waals surface area contributed by atoms with E-state index in [4.69, 9.17) is 0 Å². The minimum absolute atomic E-state index is 0. The van der Waals surface area contributed by atoms with Crippen LogP contribution in [0.5, 0.6) is 0 Å². The van der Waals surface area contributed by atoms with Crippen molar-refractivity contribution in [3.63, 3.8) is 0 Å². The molecule has 2 rings (SSSR count). The number of thiophene rings is 1. The Labute approximate surface area is 151 Å². The number of fused-ring (bicyclic) bond motifs is 1. The monoisotopic (exact) mass is 384 g/mol. The van der Waals surface area contributed by atoms with Crippen molar-refractivity contribution in [1.82, 2.24) is 15.6 Å². The normalized spacial score (nSPS) is 9.95. The third kappa shape index (κ3) is 5.55. The van der Waals surface area contributed by atoms with Gasteiger partial charge in [0.15, 0.2) is 5.13 Å². The quantitative estimate of drug-likeness (QED) is 0.720. The molecule has 126 valence electrons. The maximum absolute atomic E-state index is 12.0. The van der Waals surface area contributed by atoms with Crippen molar-refractivity contribution in [3.05, 3.63) is 10.9 Å². The first-order valence-corrected chi connectivity index (χ1v) is 8.31. The van der Waals surface area contributed by atoms with E-state index in [2.05, 4.69) is 22.5 Å². The number of hydrogen-bond donors (Lipinski definition) is 2. The van der Waals surface area contributed by atoms with Gasteiger partial charge in [0.1, 0.15) is 4.83 Å². The predicted molar refractivity (Wildman–Crippen MR) is 102 cm³/mol. The van der Waals surface area contributed by atoms with Gasteiger partial charge in [-0.25, -0.2) is 4.98 Å². The highest BCUT2D eigenvalue weighted by molar-refractivity contribution is 7.29. The van der Waals surface area contributed by atoms with Crippen LogP contribution in [-0.2, 0) is 0 Å². The predicted octanol–water partition coefficient (Wildman–Crippen LogP) is 3.00. The summed E-state index contributed by atoms with van der Waals surface area (Å²) >= 11 is 3.06. The number of carbonyl (C=O) groups excluding carboxylic acids is 1. The van der Waals surface area contributed by atoms with Gasteiger partial charge in [-0.1, -0.05) is 18.3 Å². The molecule has 0 saturated carbocycles. The van der Waals surface area contributed by atoms with Gasteiger partial charge in [0.05, 0.1) is 9.58 Å². The van der Waals surface area contributed by atoms with E-state index in [-0.39, 0.29) is 30.7 Å². The summed E-state index contributed by atoms with van der Waals surface area (Å²) in [7, 11) is 3.94.